The highest BCUT2D eigenvalue weighted by Crippen LogP contribution is 2.44. The average Bonchev–Trinajstić information content (AvgIpc) is 3.16. The first kappa shape index (κ1) is 25.6. The third kappa shape index (κ3) is 6.51. The molecular weight excluding hydrogens is 456 g/mol. The van der Waals surface area contributed by atoms with Gasteiger partial charge >= 0.3 is 12.1 Å². The molecule has 0 aliphatic heterocycles. The minimum Gasteiger partial charge on any atom is -0.480 e. The molecule has 0 saturated heterocycles. The van der Waals surface area contributed by atoms with Crippen LogP contribution in [-0.4, -0.2) is 67.5 Å². The number of ether oxygens (including phenoxy) is 2. The Kier molecular flexibility index (Phi) is 9.35. The van der Waals surface area contributed by atoms with E-state index >= 15 is 0 Å². The van der Waals surface area contributed by atoms with E-state index < -0.39 is 30.1 Å². The highest BCUT2D eigenvalue weighted by Gasteiger charge is 2.29. The molecule has 0 aromatic heterocycles. The first-order chi connectivity index (χ1) is 16.4. The summed E-state index contributed by atoms with van der Waals surface area (Å²) in [6, 6.07) is 15.2. The predicted octanol–water partition coefficient (Wildman–Crippen LogP) is 3.25. The van der Waals surface area contributed by atoms with Crippen molar-refractivity contribution in [2.75, 3.05) is 32.3 Å². The van der Waals surface area contributed by atoms with E-state index in [9.17, 15) is 19.5 Å². The monoisotopic (exact) mass is 486 g/mol. The number of carboxylic acids is 1. The molecule has 2 aromatic rings. The van der Waals surface area contributed by atoms with Crippen molar-refractivity contribution < 1.29 is 29.0 Å². The highest BCUT2D eigenvalue weighted by molar-refractivity contribution is 7.98. The fourth-order valence-electron chi connectivity index (χ4n) is 4.04. The Balaban J connectivity index is 1.49. The normalized spacial score (nSPS) is 13.9. The van der Waals surface area contributed by atoms with Crippen LogP contribution in [0.1, 0.15) is 29.9 Å². The molecule has 1 aliphatic carbocycles. The SMILES string of the molecule is COC(CNC(=O)OCC1c2ccccc2-c2ccccc21)CC(=O)N[C@@H](CCSC)C(=O)O. The quantitative estimate of drug-likeness (QED) is 0.422. The topological polar surface area (TPSA) is 114 Å². The molecule has 0 fully saturated rings. The van der Waals surface area contributed by atoms with Gasteiger partial charge in [0.25, 0.3) is 0 Å². The Morgan fingerprint density at radius 2 is 1.68 bits per heavy atom. The standard InChI is InChI=1S/C25H30N2O6S/c1-32-16(13-23(28)27-22(24(29)30)11-12-34-2)14-26-25(31)33-15-21-19-9-5-3-7-17(19)18-8-4-6-10-20(18)21/h3-10,16,21-22H,11-15H2,1-2H3,(H,26,31)(H,27,28)(H,29,30)/t16?,22-/m0/s1. The molecule has 9 heteroatoms. The van der Waals surface area contributed by atoms with Gasteiger partial charge in [0.1, 0.15) is 12.6 Å². The van der Waals surface area contributed by atoms with Crippen molar-refractivity contribution in [1.29, 1.82) is 0 Å². The van der Waals surface area contributed by atoms with Crippen LogP contribution in [0.25, 0.3) is 11.1 Å². The number of benzene rings is 2. The molecule has 0 bridgehead atoms. The molecular formula is C25H30N2O6S. The second kappa shape index (κ2) is 12.4. The molecule has 1 aliphatic rings. The molecule has 0 radical (unpaired) electrons. The van der Waals surface area contributed by atoms with Crippen molar-refractivity contribution in [3.63, 3.8) is 0 Å². The van der Waals surface area contributed by atoms with Crippen LogP contribution in [0.2, 0.25) is 0 Å². The molecule has 2 atom stereocenters. The maximum absolute atomic E-state index is 12.3. The van der Waals surface area contributed by atoms with Gasteiger partial charge in [0, 0.05) is 19.6 Å². The predicted molar refractivity (Wildman–Crippen MR) is 131 cm³/mol. The van der Waals surface area contributed by atoms with E-state index in [0.29, 0.717) is 12.2 Å². The lowest BCUT2D eigenvalue weighted by atomic mass is 9.98. The van der Waals surface area contributed by atoms with E-state index in [1.165, 1.54) is 18.9 Å². The van der Waals surface area contributed by atoms with Gasteiger partial charge in [-0.05, 0) is 40.7 Å². The number of carbonyl (C=O) groups is 3. The Hall–Kier alpha value is -3.04. The fourth-order valence-corrected chi connectivity index (χ4v) is 4.51. The van der Waals surface area contributed by atoms with Crippen molar-refractivity contribution in [2.45, 2.75) is 30.9 Å². The van der Waals surface area contributed by atoms with E-state index in [0.717, 1.165) is 22.3 Å². The van der Waals surface area contributed by atoms with Crippen molar-refractivity contribution in [1.82, 2.24) is 10.6 Å². The molecule has 0 heterocycles. The largest absolute Gasteiger partial charge is 0.480 e. The molecule has 182 valence electrons. The Bertz CT molecular complexity index is 969. The van der Waals surface area contributed by atoms with E-state index in [2.05, 4.69) is 22.8 Å². The Labute approximate surface area is 203 Å². The van der Waals surface area contributed by atoms with Crippen LogP contribution in [0.4, 0.5) is 4.79 Å². The van der Waals surface area contributed by atoms with Crippen LogP contribution in [0.15, 0.2) is 48.5 Å². The molecule has 0 saturated carbocycles. The number of alkyl carbamates (subject to hydrolysis) is 1. The van der Waals surface area contributed by atoms with Crippen LogP contribution < -0.4 is 10.6 Å². The summed E-state index contributed by atoms with van der Waals surface area (Å²) in [5.74, 6) is -0.951. The van der Waals surface area contributed by atoms with Crippen molar-refractivity contribution in [3.8, 4) is 11.1 Å². The Morgan fingerprint density at radius 1 is 1.06 bits per heavy atom. The number of rotatable bonds is 12. The van der Waals surface area contributed by atoms with Gasteiger partial charge < -0.3 is 25.2 Å². The number of hydrogen-bond donors (Lipinski definition) is 3. The molecule has 34 heavy (non-hydrogen) atoms. The maximum Gasteiger partial charge on any atom is 0.407 e. The number of carbonyl (C=O) groups excluding carboxylic acids is 2. The summed E-state index contributed by atoms with van der Waals surface area (Å²) >= 11 is 1.51. The number of fused-ring (bicyclic) bond motifs is 3. The van der Waals surface area contributed by atoms with Gasteiger partial charge in [0.2, 0.25) is 5.91 Å². The molecule has 0 spiro atoms. The maximum atomic E-state index is 12.3. The van der Waals surface area contributed by atoms with E-state index in [4.69, 9.17) is 9.47 Å². The van der Waals surface area contributed by atoms with Gasteiger partial charge in [0.05, 0.1) is 12.5 Å². The third-order valence-electron chi connectivity index (χ3n) is 5.81. The second-order valence-corrected chi connectivity index (χ2v) is 8.99. The van der Waals surface area contributed by atoms with Crippen molar-refractivity contribution >= 4 is 29.7 Å². The molecule has 2 amide bonds. The number of methoxy groups -OCH3 is 1. The van der Waals surface area contributed by atoms with Crippen LogP contribution in [0.3, 0.4) is 0 Å². The smallest absolute Gasteiger partial charge is 0.407 e. The highest BCUT2D eigenvalue weighted by atomic mass is 32.2. The van der Waals surface area contributed by atoms with Crippen LogP contribution in [-0.2, 0) is 19.1 Å². The Morgan fingerprint density at radius 3 is 2.24 bits per heavy atom. The average molecular weight is 487 g/mol. The number of aliphatic carboxylic acids is 1. The number of carboxylic acid groups (broad SMARTS) is 1. The number of hydrogen-bond acceptors (Lipinski definition) is 6. The summed E-state index contributed by atoms with van der Waals surface area (Å²) in [6.07, 6.45) is 0.904. The van der Waals surface area contributed by atoms with E-state index in [1.54, 1.807) is 0 Å². The first-order valence-corrected chi connectivity index (χ1v) is 12.5. The third-order valence-corrected chi connectivity index (χ3v) is 6.45. The lowest BCUT2D eigenvalue weighted by molar-refractivity contribution is -0.142. The van der Waals surface area contributed by atoms with Gasteiger partial charge in [-0.2, -0.15) is 11.8 Å². The van der Waals surface area contributed by atoms with Gasteiger partial charge in [-0.1, -0.05) is 48.5 Å². The zero-order valence-corrected chi connectivity index (χ0v) is 20.1. The van der Waals surface area contributed by atoms with E-state index in [-0.39, 0.29) is 25.5 Å². The van der Waals surface area contributed by atoms with Gasteiger partial charge in [0.15, 0.2) is 0 Å². The van der Waals surface area contributed by atoms with Crippen LogP contribution in [0, 0.1) is 0 Å². The first-order valence-electron chi connectivity index (χ1n) is 11.1. The molecule has 1 unspecified atom stereocenters. The number of thioether (sulfide) groups is 1. The summed E-state index contributed by atoms with van der Waals surface area (Å²) in [6.45, 7) is 0.247. The van der Waals surface area contributed by atoms with Gasteiger partial charge in [-0.25, -0.2) is 9.59 Å². The fraction of sp³-hybridized carbons (Fsp3) is 0.400. The number of amides is 2. The molecule has 3 rings (SSSR count). The van der Waals surface area contributed by atoms with Gasteiger partial charge in [-0.15, -0.1) is 0 Å². The molecule has 3 N–H and O–H groups in total. The van der Waals surface area contributed by atoms with Crippen molar-refractivity contribution in [2.24, 2.45) is 0 Å². The second-order valence-electron chi connectivity index (χ2n) is 8.01. The summed E-state index contributed by atoms with van der Waals surface area (Å²) in [4.78, 5) is 35.9. The summed E-state index contributed by atoms with van der Waals surface area (Å²) in [7, 11) is 1.43. The zero-order chi connectivity index (χ0) is 24.5. The van der Waals surface area contributed by atoms with E-state index in [1.807, 2.05) is 42.7 Å². The summed E-state index contributed by atoms with van der Waals surface area (Å²) in [5, 5.41) is 14.4. The van der Waals surface area contributed by atoms with Crippen LogP contribution >= 0.6 is 11.8 Å². The summed E-state index contributed by atoms with van der Waals surface area (Å²) in [5.41, 5.74) is 4.54. The molecule has 2 aromatic carbocycles. The van der Waals surface area contributed by atoms with Crippen molar-refractivity contribution in [3.05, 3.63) is 59.7 Å². The lowest BCUT2D eigenvalue weighted by Gasteiger charge is -2.19. The molecule has 8 nitrogen and oxygen atoms in total. The number of nitrogens with one attached hydrogen (secondary N) is 2. The van der Waals surface area contributed by atoms with Crippen LogP contribution in [0.5, 0.6) is 0 Å². The lowest BCUT2D eigenvalue weighted by Crippen LogP contribution is -2.44. The minimum atomic E-state index is -1.08. The zero-order valence-electron chi connectivity index (χ0n) is 19.3. The summed E-state index contributed by atoms with van der Waals surface area (Å²) < 4.78 is 10.8. The van der Waals surface area contributed by atoms with Gasteiger partial charge in [-0.3, -0.25) is 4.79 Å². The minimum absolute atomic E-state index is 0.0450.